The van der Waals surface area contributed by atoms with Crippen LogP contribution in [0.15, 0.2) is 42.5 Å². The second-order valence-electron chi connectivity index (χ2n) is 6.82. The molecular weight excluding hydrogens is 312 g/mol. The number of hydrogen-bond acceptors (Lipinski definition) is 3. The van der Waals surface area contributed by atoms with E-state index < -0.39 is 6.10 Å². The fourth-order valence-corrected chi connectivity index (χ4v) is 3.34. The van der Waals surface area contributed by atoms with Gasteiger partial charge in [0.25, 0.3) is 5.91 Å². The summed E-state index contributed by atoms with van der Waals surface area (Å²) in [7, 11) is 0. The van der Waals surface area contributed by atoms with Crippen LogP contribution in [0.4, 0.5) is 0 Å². The third kappa shape index (κ3) is 5.20. The Bertz CT molecular complexity index is 693. The Balaban J connectivity index is 1.46. The summed E-state index contributed by atoms with van der Waals surface area (Å²) in [4.78, 5) is 14.7. The van der Waals surface area contributed by atoms with Crippen LogP contribution in [0.3, 0.4) is 0 Å². The van der Waals surface area contributed by atoms with Gasteiger partial charge in [-0.1, -0.05) is 43.2 Å². The molecular formula is C21H28N2O2. The summed E-state index contributed by atoms with van der Waals surface area (Å²) < 4.78 is 5.82. The number of rotatable bonds is 6. The van der Waals surface area contributed by atoms with Crippen molar-refractivity contribution in [2.75, 3.05) is 26.2 Å². The quantitative estimate of drug-likeness (QED) is 0.873. The Morgan fingerprint density at radius 3 is 2.56 bits per heavy atom. The summed E-state index contributed by atoms with van der Waals surface area (Å²) in [5, 5.41) is 5.29. The summed E-state index contributed by atoms with van der Waals surface area (Å²) in [6.07, 6.45) is 4.72. The highest BCUT2D eigenvalue weighted by molar-refractivity contribution is 5.84. The van der Waals surface area contributed by atoms with Crippen molar-refractivity contribution in [2.24, 2.45) is 0 Å². The molecule has 1 atom stereocenters. The van der Waals surface area contributed by atoms with Gasteiger partial charge < -0.3 is 15.0 Å². The summed E-state index contributed by atoms with van der Waals surface area (Å²) in [6, 6.07) is 14.1. The van der Waals surface area contributed by atoms with Crippen LogP contribution in [0.25, 0.3) is 10.8 Å². The molecule has 0 spiro atoms. The number of carbonyl (C=O) groups is 1. The van der Waals surface area contributed by atoms with Gasteiger partial charge in [0.15, 0.2) is 6.10 Å². The second kappa shape index (κ2) is 8.86. The van der Waals surface area contributed by atoms with Gasteiger partial charge in [0.05, 0.1) is 0 Å². The number of fused-ring (bicyclic) bond motifs is 1. The Kier molecular flexibility index (Phi) is 6.29. The van der Waals surface area contributed by atoms with Crippen LogP contribution >= 0.6 is 0 Å². The zero-order valence-corrected chi connectivity index (χ0v) is 15.0. The number of ether oxygens (including phenoxy) is 1. The highest BCUT2D eigenvalue weighted by Crippen LogP contribution is 2.21. The lowest BCUT2D eigenvalue weighted by molar-refractivity contribution is -0.127. The van der Waals surface area contributed by atoms with Crippen LogP contribution in [0.1, 0.15) is 32.6 Å². The fourth-order valence-electron chi connectivity index (χ4n) is 3.34. The van der Waals surface area contributed by atoms with E-state index >= 15 is 0 Å². The molecule has 1 aliphatic rings. The molecule has 134 valence electrons. The number of hydrogen-bond donors (Lipinski definition) is 1. The number of likely N-dealkylation sites (tertiary alicyclic amines) is 1. The zero-order valence-electron chi connectivity index (χ0n) is 15.0. The van der Waals surface area contributed by atoms with Gasteiger partial charge in [-0.05, 0) is 55.8 Å². The molecule has 3 rings (SSSR count). The SMILES string of the molecule is C[C@@H](Oc1ccc2ccccc2c1)C(=O)NCCN1CCCCCC1. The molecule has 2 aromatic rings. The molecule has 1 N–H and O–H groups in total. The summed E-state index contributed by atoms with van der Waals surface area (Å²) in [6.45, 7) is 5.72. The first kappa shape index (κ1) is 17.7. The second-order valence-corrected chi connectivity index (χ2v) is 6.82. The van der Waals surface area contributed by atoms with E-state index in [1.165, 1.54) is 31.1 Å². The van der Waals surface area contributed by atoms with Crippen LogP contribution in [0.2, 0.25) is 0 Å². The normalized spacial score (nSPS) is 17.0. The Morgan fingerprint density at radius 2 is 1.80 bits per heavy atom. The molecule has 1 amide bonds. The minimum Gasteiger partial charge on any atom is -0.481 e. The van der Waals surface area contributed by atoms with Gasteiger partial charge in [-0.15, -0.1) is 0 Å². The summed E-state index contributed by atoms with van der Waals surface area (Å²) >= 11 is 0. The molecule has 0 unspecified atom stereocenters. The highest BCUT2D eigenvalue weighted by Gasteiger charge is 2.15. The van der Waals surface area contributed by atoms with E-state index in [9.17, 15) is 4.79 Å². The van der Waals surface area contributed by atoms with Gasteiger partial charge in [-0.2, -0.15) is 0 Å². The van der Waals surface area contributed by atoms with Crippen molar-refractivity contribution in [1.82, 2.24) is 10.2 Å². The minimum absolute atomic E-state index is 0.0528. The number of nitrogens with zero attached hydrogens (tertiary/aromatic N) is 1. The van der Waals surface area contributed by atoms with Gasteiger partial charge in [0.1, 0.15) is 5.75 Å². The van der Waals surface area contributed by atoms with Crippen molar-refractivity contribution < 1.29 is 9.53 Å². The molecule has 1 saturated heterocycles. The van der Waals surface area contributed by atoms with Crippen molar-refractivity contribution >= 4 is 16.7 Å². The maximum absolute atomic E-state index is 12.3. The maximum atomic E-state index is 12.3. The number of nitrogens with one attached hydrogen (secondary N) is 1. The Morgan fingerprint density at radius 1 is 1.08 bits per heavy atom. The minimum atomic E-state index is -0.495. The third-order valence-corrected chi connectivity index (χ3v) is 4.83. The number of benzene rings is 2. The zero-order chi connectivity index (χ0) is 17.5. The van der Waals surface area contributed by atoms with Crippen LogP contribution in [-0.2, 0) is 4.79 Å². The van der Waals surface area contributed by atoms with Crippen LogP contribution in [-0.4, -0.2) is 43.1 Å². The Labute approximate surface area is 150 Å². The lowest BCUT2D eigenvalue weighted by Crippen LogP contribution is -2.41. The predicted octanol–water partition coefficient (Wildman–Crippen LogP) is 3.60. The standard InChI is InChI=1S/C21H28N2O2/c1-17(21(24)22-12-15-23-13-6-2-3-7-14-23)25-20-11-10-18-8-4-5-9-19(18)16-20/h4-5,8-11,16-17H,2-3,6-7,12-15H2,1H3,(H,22,24)/t17-/m1/s1. The number of amides is 1. The van der Waals surface area contributed by atoms with E-state index in [2.05, 4.69) is 16.3 Å². The lowest BCUT2D eigenvalue weighted by Gasteiger charge is -2.21. The van der Waals surface area contributed by atoms with Gasteiger partial charge in [0, 0.05) is 13.1 Å². The van der Waals surface area contributed by atoms with Crippen molar-refractivity contribution in [3.8, 4) is 5.75 Å². The van der Waals surface area contributed by atoms with Crippen molar-refractivity contribution in [3.05, 3.63) is 42.5 Å². The third-order valence-electron chi connectivity index (χ3n) is 4.83. The number of carbonyl (C=O) groups excluding carboxylic acids is 1. The molecule has 4 heteroatoms. The molecule has 0 aromatic heterocycles. The molecule has 0 aliphatic carbocycles. The topological polar surface area (TPSA) is 41.6 Å². The monoisotopic (exact) mass is 340 g/mol. The van der Waals surface area contributed by atoms with Crippen LogP contribution < -0.4 is 10.1 Å². The first-order valence-electron chi connectivity index (χ1n) is 9.38. The average molecular weight is 340 g/mol. The first-order chi connectivity index (χ1) is 12.2. The molecule has 2 aromatic carbocycles. The maximum Gasteiger partial charge on any atom is 0.260 e. The van der Waals surface area contributed by atoms with E-state index in [-0.39, 0.29) is 5.91 Å². The molecule has 4 nitrogen and oxygen atoms in total. The van der Waals surface area contributed by atoms with Crippen molar-refractivity contribution in [3.63, 3.8) is 0 Å². The molecule has 25 heavy (non-hydrogen) atoms. The van der Waals surface area contributed by atoms with E-state index in [1.54, 1.807) is 6.92 Å². The summed E-state index contributed by atoms with van der Waals surface area (Å²) in [5.41, 5.74) is 0. The van der Waals surface area contributed by atoms with Gasteiger partial charge in [-0.3, -0.25) is 4.79 Å². The van der Waals surface area contributed by atoms with E-state index in [1.807, 2.05) is 36.4 Å². The van der Waals surface area contributed by atoms with Gasteiger partial charge >= 0.3 is 0 Å². The predicted molar refractivity (Wildman–Crippen MR) is 102 cm³/mol. The van der Waals surface area contributed by atoms with Gasteiger partial charge in [-0.25, -0.2) is 0 Å². The van der Waals surface area contributed by atoms with Crippen LogP contribution in [0.5, 0.6) is 5.75 Å². The fraction of sp³-hybridized carbons (Fsp3) is 0.476. The molecule has 0 radical (unpaired) electrons. The largest absolute Gasteiger partial charge is 0.481 e. The lowest BCUT2D eigenvalue weighted by atomic mass is 10.1. The summed E-state index contributed by atoms with van der Waals surface area (Å²) in [5.74, 6) is 0.678. The van der Waals surface area contributed by atoms with Crippen LogP contribution in [0, 0.1) is 0 Å². The van der Waals surface area contributed by atoms with E-state index in [4.69, 9.17) is 4.74 Å². The van der Waals surface area contributed by atoms with E-state index in [0.29, 0.717) is 6.54 Å². The molecule has 1 aliphatic heterocycles. The van der Waals surface area contributed by atoms with Crippen molar-refractivity contribution in [1.29, 1.82) is 0 Å². The molecule has 1 heterocycles. The molecule has 0 saturated carbocycles. The smallest absolute Gasteiger partial charge is 0.260 e. The molecule has 0 bridgehead atoms. The van der Waals surface area contributed by atoms with Crippen molar-refractivity contribution in [2.45, 2.75) is 38.7 Å². The van der Waals surface area contributed by atoms with Gasteiger partial charge in [0.2, 0.25) is 0 Å². The Hall–Kier alpha value is -2.07. The van der Waals surface area contributed by atoms with E-state index in [0.717, 1.165) is 30.8 Å². The first-order valence-corrected chi connectivity index (χ1v) is 9.38. The molecule has 1 fully saturated rings. The average Bonchev–Trinajstić information content (AvgIpc) is 2.90. The highest BCUT2D eigenvalue weighted by atomic mass is 16.5.